The van der Waals surface area contributed by atoms with Crippen molar-refractivity contribution in [1.82, 2.24) is 9.97 Å². The van der Waals surface area contributed by atoms with Gasteiger partial charge in [0.25, 0.3) is 0 Å². The standard InChI is InChI=1S/C22H18N4/c1-2-8-17(9-3-1)16-21(20-12-6-7-15-23-20)25-26-22-14-13-18-10-4-5-11-19(18)24-22/h1-15H,16H2,(H,24,26)/b25-21+. The number of rotatable bonds is 5. The molecule has 0 amide bonds. The molecule has 0 saturated heterocycles. The van der Waals surface area contributed by atoms with Gasteiger partial charge in [-0.2, -0.15) is 5.10 Å². The largest absolute Gasteiger partial charge is 0.261 e. The van der Waals surface area contributed by atoms with Gasteiger partial charge in [0.15, 0.2) is 0 Å². The monoisotopic (exact) mass is 338 g/mol. The first-order chi connectivity index (χ1) is 12.9. The van der Waals surface area contributed by atoms with Crippen LogP contribution in [0.5, 0.6) is 0 Å². The van der Waals surface area contributed by atoms with Gasteiger partial charge in [-0.3, -0.25) is 10.4 Å². The van der Waals surface area contributed by atoms with Gasteiger partial charge < -0.3 is 0 Å². The second kappa shape index (κ2) is 7.57. The van der Waals surface area contributed by atoms with E-state index in [4.69, 9.17) is 0 Å². The Bertz CT molecular complexity index is 1030. The third-order valence-corrected chi connectivity index (χ3v) is 4.08. The smallest absolute Gasteiger partial charge is 0.146 e. The van der Waals surface area contributed by atoms with Crippen LogP contribution in [-0.4, -0.2) is 15.7 Å². The molecule has 0 aliphatic heterocycles. The number of para-hydroxylation sites is 1. The Hall–Kier alpha value is -3.53. The molecule has 0 atom stereocenters. The van der Waals surface area contributed by atoms with Crippen molar-refractivity contribution in [2.45, 2.75) is 6.42 Å². The van der Waals surface area contributed by atoms with E-state index in [-0.39, 0.29) is 0 Å². The van der Waals surface area contributed by atoms with Crippen molar-refractivity contribution in [3.05, 3.63) is 102 Å². The molecule has 4 aromatic rings. The summed E-state index contributed by atoms with van der Waals surface area (Å²) in [5.41, 5.74) is 6.94. The molecule has 0 saturated carbocycles. The van der Waals surface area contributed by atoms with Crippen molar-refractivity contribution in [2.75, 3.05) is 5.43 Å². The number of nitrogens with zero attached hydrogens (tertiary/aromatic N) is 3. The molecular formula is C22H18N4. The number of pyridine rings is 2. The molecule has 2 aromatic heterocycles. The summed E-state index contributed by atoms with van der Waals surface area (Å²) in [5, 5.41) is 5.72. The van der Waals surface area contributed by atoms with E-state index in [0.29, 0.717) is 12.2 Å². The van der Waals surface area contributed by atoms with Crippen LogP contribution in [-0.2, 0) is 6.42 Å². The fourth-order valence-corrected chi connectivity index (χ4v) is 2.76. The van der Waals surface area contributed by atoms with E-state index >= 15 is 0 Å². The summed E-state index contributed by atoms with van der Waals surface area (Å²) in [5.74, 6) is 0.713. The van der Waals surface area contributed by atoms with Crippen molar-refractivity contribution in [3.63, 3.8) is 0 Å². The third kappa shape index (κ3) is 3.75. The third-order valence-electron chi connectivity index (χ3n) is 4.08. The first kappa shape index (κ1) is 16.0. The fraction of sp³-hybridized carbons (Fsp3) is 0.0455. The molecule has 0 unspecified atom stereocenters. The second-order valence-corrected chi connectivity index (χ2v) is 5.94. The molecule has 2 heterocycles. The van der Waals surface area contributed by atoms with Crippen molar-refractivity contribution < 1.29 is 0 Å². The molecule has 4 nitrogen and oxygen atoms in total. The molecule has 0 bridgehead atoms. The molecule has 26 heavy (non-hydrogen) atoms. The highest BCUT2D eigenvalue weighted by atomic mass is 15.3. The number of benzene rings is 2. The Morgan fingerprint density at radius 2 is 1.62 bits per heavy atom. The van der Waals surface area contributed by atoms with Gasteiger partial charge >= 0.3 is 0 Å². The van der Waals surface area contributed by atoms with Gasteiger partial charge in [0.1, 0.15) is 5.82 Å². The molecule has 0 aliphatic rings. The van der Waals surface area contributed by atoms with Crippen molar-refractivity contribution in [3.8, 4) is 0 Å². The highest BCUT2D eigenvalue weighted by Crippen LogP contribution is 2.15. The normalized spacial score (nSPS) is 11.5. The minimum absolute atomic E-state index is 0.693. The molecule has 4 heteroatoms. The summed E-state index contributed by atoms with van der Waals surface area (Å²) >= 11 is 0. The second-order valence-electron chi connectivity index (χ2n) is 5.94. The van der Waals surface area contributed by atoms with E-state index in [1.165, 1.54) is 5.56 Å². The van der Waals surface area contributed by atoms with Gasteiger partial charge in [0.2, 0.25) is 0 Å². The molecule has 4 rings (SSSR count). The van der Waals surface area contributed by atoms with Gasteiger partial charge in [-0.05, 0) is 35.9 Å². The maximum absolute atomic E-state index is 4.61. The van der Waals surface area contributed by atoms with Gasteiger partial charge in [-0.15, -0.1) is 0 Å². The van der Waals surface area contributed by atoms with Crippen LogP contribution in [0.4, 0.5) is 5.82 Å². The van der Waals surface area contributed by atoms with Crippen LogP contribution in [0.1, 0.15) is 11.3 Å². The van der Waals surface area contributed by atoms with Gasteiger partial charge in [-0.1, -0.05) is 54.6 Å². The average molecular weight is 338 g/mol. The van der Waals surface area contributed by atoms with Crippen LogP contribution < -0.4 is 5.43 Å². The van der Waals surface area contributed by atoms with E-state index in [1.54, 1.807) is 6.20 Å². The first-order valence-corrected chi connectivity index (χ1v) is 8.52. The number of nitrogens with one attached hydrogen (secondary N) is 1. The Balaban J connectivity index is 1.63. The van der Waals surface area contributed by atoms with Crippen LogP contribution in [0.3, 0.4) is 0 Å². The zero-order valence-electron chi connectivity index (χ0n) is 14.2. The summed E-state index contributed by atoms with van der Waals surface area (Å²) in [6, 6.07) is 28.1. The Kier molecular flexibility index (Phi) is 4.65. The zero-order chi connectivity index (χ0) is 17.6. The lowest BCUT2D eigenvalue weighted by Gasteiger charge is -2.08. The highest BCUT2D eigenvalue weighted by molar-refractivity contribution is 6.00. The minimum atomic E-state index is 0.693. The molecule has 126 valence electrons. The van der Waals surface area contributed by atoms with Crippen molar-refractivity contribution >= 4 is 22.4 Å². The predicted molar refractivity (Wildman–Crippen MR) is 106 cm³/mol. The highest BCUT2D eigenvalue weighted by Gasteiger charge is 2.07. The van der Waals surface area contributed by atoms with E-state index in [0.717, 1.165) is 22.3 Å². The summed E-state index contributed by atoms with van der Waals surface area (Å²) in [6.45, 7) is 0. The van der Waals surface area contributed by atoms with Gasteiger partial charge in [0, 0.05) is 18.0 Å². The Morgan fingerprint density at radius 3 is 2.46 bits per heavy atom. The number of aromatic nitrogens is 2. The lowest BCUT2D eigenvalue weighted by Crippen LogP contribution is -2.10. The summed E-state index contributed by atoms with van der Waals surface area (Å²) in [7, 11) is 0. The molecular weight excluding hydrogens is 320 g/mol. The number of hydrogen-bond acceptors (Lipinski definition) is 4. The van der Waals surface area contributed by atoms with E-state index < -0.39 is 0 Å². The average Bonchev–Trinajstić information content (AvgIpc) is 2.72. The van der Waals surface area contributed by atoms with Crippen LogP contribution in [0.15, 0.2) is 96.2 Å². The number of anilines is 1. The quantitative estimate of drug-likeness (QED) is 0.424. The number of fused-ring (bicyclic) bond motifs is 1. The lowest BCUT2D eigenvalue weighted by molar-refractivity contribution is 1.18. The maximum Gasteiger partial charge on any atom is 0.146 e. The van der Waals surface area contributed by atoms with E-state index in [1.807, 2.05) is 72.8 Å². The Morgan fingerprint density at radius 1 is 0.808 bits per heavy atom. The summed E-state index contributed by atoms with van der Waals surface area (Å²) in [4.78, 5) is 9.06. The van der Waals surface area contributed by atoms with E-state index in [9.17, 15) is 0 Å². The lowest BCUT2D eigenvalue weighted by atomic mass is 10.1. The van der Waals surface area contributed by atoms with Crippen molar-refractivity contribution in [2.24, 2.45) is 5.10 Å². The first-order valence-electron chi connectivity index (χ1n) is 8.52. The number of hydrogen-bond donors (Lipinski definition) is 1. The minimum Gasteiger partial charge on any atom is -0.261 e. The SMILES string of the molecule is c1ccc(C/C(=N\Nc2ccc3ccccc3n2)c2ccccn2)cc1. The zero-order valence-corrected chi connectivity index (χ0v) is 14.2. The topological polar surface area (TPSA) is 50.2 Å². The van der Waals surface area contributed by atoms with Gasteiger partial charge in [-0.25, -0.2) is 4.98 Å². The van der Waals surface area contributed by atoms with Crippen LogP contribution in [0.25, 0.3) is 10.9 Å². The van der Waals surface area contributed by atoms with Crippen LogP contribution in [0, 0.1) is 0 Å². The molecule has 0 radical (unpaired) electrons. The molecule has 0 fully saturated rings. The maximum atomic E-state index is 4.61. The van der Waals surface area contributed by atoms with Crippen molar-refractivity contribution in [1.29, 1.82) is 0 Å². The fourth-order valence-electron chi connectivity index (χ4n) is 2.76. The summed E-state index contributed by atoms with van der Waals surface area (Å²) in [6.07, 6.45) is 2.47. The predicted octanol–water partition coefficient (Wildman–Crippen LogP) is 4.69. The van der Waals surface area contributed by atoms with Gasteiger partial charge in [0.05, 0.1) is 16.9 Å². The molecule has 0 aliphatic carbocycles. The van der Waals surface area contributed by atoms with Crippen LogP contribution in [0.2, 0.25) is 0 Å². The number of hydrazone groups is 1. The Labute approximate surface area is 152 Å². The molecule has 0 spiro atoms. The molecule has 1 N–H and O–H groups in total. The molecule has 2 aromatic carbocycles. The summed E-state index contributed by atoms with van der Waals surface area (Å²) < 4.78 is 0. The van der Waals surface area contributed by atoms with Crippen LogP contribution >= 0.6 is 0 Å². The van der Waals surface area contributed by atoms with E-state index in [2.05, 4.69) is 32.6 Å².